The molecule has 2 unspecified atom stereocenters. The van der Waals surface area contributed by atoms with E-state index in [0.717, 1.165) is 38.5 Å². The first kappa shape index (κ1) is 142. The van der Waals surface area contributed by atoms with Gasteiger partial charge in [0.25, 0.3) is 0 Å². The van der Waals surface area contributed by atoms with Gasteiger partial charge in [-0.05, 0) is 43.7 Å². The summed E-state index contributed by atoms with van der Waals surface area (Å²) in [5.74, 6) is -0.438. The van der Waals surface area contributed by atoms with Crippen molar-refractivity contribution in [1.29, 1.82) is 0 Å². The summed E-state index contributed by atoms with van der Waals surface area (Å²) in [5, 5.41) is 17.8. The Morgan fingerprint density at radius 1 is 0.200 bits per heavy atom. The summed E-state index contributed by atoms with van der Waals surface area (Å²) in [6.45, 7) is 31.9. The third kappa shape index (κ3) is 136. The number of rotatable bonds is 124. The van der Waals surface area contributed by atoms with Gasteiger partial charge in [0, 0.05) is 58.5 Å². The zero-order chi connectivity index (χ0) is 102. The van der Waals surface area contributed by atoms with Gasteiger partial charge in [0.2, 0.25) is 5.24 Å². The molecule has 0 bridgehead atoms. The topological polar surface area (TPSA) is 369 Å². The number of aliphatic hydroxyl groups excluding tert-OH is 2. The molecule has 2 atom stereocenters. The van der Waals surface area contributed by atoms with Crippen LogP contribution >= 0.6 is 11.6 Å². The fraction of sp³-hybridized carbons (Fsp3) is 0.971. The average Bonchev–Trinajstić information content (AvgIpc) is 0.980. The molecular formula is C104H207ClO35. The summed E-state index contributed by atoms with van der Waals surface area (Å²) in [6, 6.07) is 0. The number of hydrogen-bond donors (Lipinski definition) is 2. The van der Waals surface area contributed by atoms with Crippen LogP contribution in [0.5, 0.6) is 0 Å². The Morgan fingerprint density at radius 2 is 0.386 bits per heavy atom. The molecule has 840 valence electrons. The number of unbranched alkanes of at least 4 members (excludes halogenated alkanes) is 30. The molecular weight excluding hydrogens is 1840 g/mol. The van der Waals surface area contributed by atoms with E-state index in [1.807, 2.05) is 0 Å². The highest BCUT2D eigenvalue weighted by molar-refractivity contribution is 6.63. The smallest absolute Gasteiger partial charge is 0.305 e. The van der Waals surface area contributed by atoms with Crippen LogP contribution < -0.4 is 0 Å². The van der Waals surface area contributed by atoms with Crippen LogP contribution in [0.3, 0.4) is 0 Å². The first-order chi connectivity index (χ1) is 69.2. The van der Waals surface area contributed by atoms with Crippen LogP contribution in [0, 0.1) is 11.8 Å². The van der Waals surface area contributed by atoms with Crippen molar-refractivity contribution in [2.45, 2.75) is 265 Å². The quantitative estimate of drug-likeness (QED) is 0.0247. The van der Waals surface area contributed by atoms with Gasteiger partial charge in [-0.25, -0.2) is 0 Å². The van der Waals surface area contributed by atoms with E-state index in [1.165, 1.54) is 173 Å². The molecule has 0 spiro atoms. The van der Waals surface area contributed by atoms with Gasteiger partial charge in [-0.15, -0.1) is 0 Å². The Kier molecular flexibility index (Phi) is 136. The van der Waals surface area contributed by atoms with Crippen molar-refractivity contribution in [2.75, 3.05) is 385 Å². The molecule has 0 aromatic carbocycles. The Labute approximate surface area is 852 Å². The summed E-state index contributed by atoms with van der Waals surface area (Å²) in [7, 11) is 3.29. The van der Waals surface area contributed by atoms with Crippen LogP contribution in [-0.4, -0.2) is 412 Å². The van der Waals surface area contributed by atoms with E-state index >= 15 is 0 Å². The molecule has 0 aliphatic rings. The van der Waals surface area contributed by atoms with Gasteiger partial charge in [0.1, 0.15) is 13.6 Å². The first-order valence-electron chi connectivity index (χ1n) is 54.0. The summed E-state index contributed by atoms with van der Waals surface area (Å²) < 4.78 is 163. The summed E-state index contributed by atoms with van der Waals surface area (Å²) >= 11 is 5.26. The molecule has 140 heavy (non-hydrogen) atoms. The third-order valence-electron chi connectivity index (χ3n) is 21.1. The molecule has 0 aromatic heterocycles. The second-order valence-corrected chi connectivity index (χ2v) is 34.0. The van der Waals surface area contributed by atoms with Crippen molar-refractivity contribution >= 4 is 28.8 Å². The largest absolute Gasteiger partial charge is 0.466 e. The lowest BCUT2D eigenvalue weighted by Crippen LogP contribution is -2.22. The minimum atomic E-state index is -0.184. The van der Waals surface area contributed by atoms with Crippen molar-refractivity contribution in [3.05, 3.63) is 0 Å². The van der Waals surface area contributed by atoms with E-state index in [9.17, 15) is 14.4 Å². The Hall–Kier alpha value is -2.30. The number of hydrogen-bond acceptors (Lipinski definition) is 35. The Balaban J connectivity index is -0.00000250. The highest BCUT2D eigenvalue weighted by Crippen LogP contribution is 2.17. The fourth-order valence-corrected chi connectivity index (χ4v) is 13.0. The van der Waals surface area contributed by atoms with E-state index in [0.29, 0.717) is 362 Å². The van der Waals surface area contributed by atoms with Gasteiger partial charge < -0.3 is 152 Å². The van der Waals surface area contributed by atoms with Crippen molar-refractivity contribution in [1.82, 2.24) is 0 Å². The van der Waals surface area contributed by atoms with Crippen LogP contribution in [-0.2, 0) is 156 Å². The molecule has 0 saturated carbocycles. The number of carbonyl (C=O) groups is 3. The molecule has 2 N–H and O–H groups in total. The van der Waals surface area contributed by atoms with Crippen LogP contribution in [0.15, 0.2) is 0 Å². The van der Waals surface area contributed by atoms with Gasteiger partial charge in [-0.1, -0.05) is 213 Å². The number of carbonyl (C=O) groups excluding carboxylic acids is 3. The van der Waals surface area contributed by atoms with E-state index in [1.54, 1.807) is 14.2 Å². The third-order valence-corrected chi connectivity index (χ3v) is 21.3. The predicted octanol–water partition coefficient (Wildman–Crippen LogP) is 15.6. The minimum absolute atomic E-state index is 0.00488. The summed E-state index contributed by atoms with van der Waals surface area (Å²) in [5.41, 5.74) is 0. The molecule has 0 fully saturated rings. The summed E-state index contributed by atoms with van der Waals surface area (Å²) in [6.07, 6.45) is 44.2. The molecule has 0 amide bonds. The number of esters is 2. The second kappa shape index (κ2) is 135. The summed E-state index contributed by atoms with van der Waals surface area (Å²) in [4.78, 5) is 35.5. The van der Waals surface area contributed by atoms with E-state index in [2.05, 4.69) is 20.8 Å². The zero-order valence-corrected chi connectivity index (χ0v) is 89.6. The van der Waals surface area contributed by atoms with Gasteiger partial charge in [0.05, 0.1) is 344 Å². The first-order valence-corrected chi connectivity index (χ1v) is 54.3. The van der Waals surface area contributed by atoms with Gasteiger partial charge in [-0.3, -0.25) is 14.4 Å². The van der Waals surface area contributed by atoms with Crippen LogP contribution in [0.25, 0.3) is 0 Å². The highest BCUT2D eigenvalue weighted by Gasteiger charge is 2.16. The number of aliphatic hydroxyl groups is 2. The highest BCUT2D eigenvalue weighted by atomic mass is 35.5. The van der Waals surface area contributed by atoms with Crippen molar-refractivity contribution in [3.8, 4) is 0 Å². The van der Waals surface area contributed by atoms with Crippen molar-refractivity contribution in [2.24, 2.45) is 11.8 Å². The molecule has 35 nitrogen and oxygen atoms in total. The van der Waals surface area contributed by atoms with Crippen LogP contribution in [0.4, 0.5) is 0 Å². The molecule has 0 rings (SSSR count). The normalized spacial score (nSPS) is 11.9. The minimum Gasteiger partial charge on any atom is -0.466 e. The maximum atomic E-state index is 12.6. The average molecular weight is 2050 g/mol. The SMILES string of the molecule is CCCCCCCCCCCCCC(=O)Cl.CCCCCCCCCCCCCC(=O)OCCC(COCCOCCOCCOCOCCOCCOCCOCCOCCOCCOCCOCCOCCOC)COC(=O)CCCCCCCCCCCCC.COCCOCCOCCOCCOCCOCCOCCOCCOCCOCOCCOCCOCCOCC(CO)CCO. The van der Waals surface area contributed by atoms with Crippen molar-refractivity contribution in [3.63, 3.8) is 0 Å². The van der Waals surface area contributed by atoms with Crippen molar-refractivity contribution < 1.29 is 167 Å². The lowest BCUT2D eigenvalue weighted by Gasteiger charge is -2.17. The van der Waals surface area contributed by atoms with Gasteiger partial charge >= 0.3 is 11.9 Å². The maximum Gasteiger partial charge on any atom is 0.305 e. The molecule has 0 saturated heterocycles. The van der Waals surface area contributed by atoms with E-state index in [4.69, 9.17) is 164 Å². The second-order valence-electron chi connectivity index (χ2n) is 33.6. The van der Waals surface area contributed by atoms with E-state index < -0.39 is 0 Å². The molecule has 36 heteroatoms. The molecule has 0 aliphatic carbocycles. The zero-order valence-electron chi connectivity index (χ0n) is 88.9. The number of ether oxygens (including phenoxy) is 30. The number of methoxy groups -OCH3 is 2. The van der Waals surface area contributed by atoms with E-state index in [-0.39, 0.29) is 69.0 Å². The molecule has 0 heterocycles. The Bertz CT molecular complexity index is 2240. The lowest BCUT2D eigenvalue weighted by atomic mass is 10.1. The predicted molar refractivity (Wildman–Crippen MR) is 542 cm³/mol. The van der Waals surface area contributed by atoms with Gasteiger partial charge in [0.15, 0.2) is 0 Å². The lowest BCUT2D eigenvalue weighted by molar-refractivity contribution is -0.148. The fourth-order valence-electron chi connectivity index (χ4n) is 12.9. The molecule has 0 aliphatic heterocycles. The van der Waals surface area contributed by atoms with Gasteiger partial charge in [-0.2, -0.15) is 0 Å². The Morgan fingerprint density at radius 3 is 0.593 bits per heavy atom. The van der Waals surface area contributed by atoms with Crippen LogP contribution in [0.2, 0.25) is 0 Å². The molecule has 0 aromatic rings. The monoisotopic (exact) mass is 2050 g/mol. The maximum absolute atomic E-state index is 12.6. The van der Waals surface area contributed by atoms with Crippen LogP contribution in [0.1, 0.15) is 265 Å². The molecule has 0 radical (unpaired) electrons. The standard InChI is InChI=1S/C59H116O18.C31H64O16.C14H27ClO/c1-4-6-8-10-12-14-16-18-20-22-24-26-58(60)76-29-28-57(55-77-59(61)27-25-23-21-19-17-15-13-11-9-7-5-2)54-73-51-48-70-45-47-72-50-53-75-56-74-52-49-71-46-44-69-43-42-68-41-40-67-39-38-66-37-36-65-35-34-64-33-32-63-31-30-62-3;1-34-4-5-35-6-7-36-8-9-37-10-11-38-12-13-39-14-15-40-16-17-41-18-20-43-23-26-46-30-47-27-24-44-21-19-42-22-25-45-29-31(28-33)2-3-32;1-2-3-4-5-6-7-8-9-10-11-12-13-14(15)16/h57H,4-56H2,1-3H3;31-33H,2-30H2,1H3;2-13H2,1H3. The number of halogens is 1.